The number of carbonyl (C=O) groups excluding carboxylic acids is 1. The van der Waals surface area contributed by atoms with Crippen LogP contribution in [0.5, 0.6) is 0 Å². The summed E-state index contributed by atoms with van der Waals surface area (Å²) in [5.74, 6) is -0.115. The van der Waals surface area contributed by atoms with E-state index < -0.39 is 10.0 Å². The first-order chi connectivity index (χ1) is 13.5. The third-order valence-corrected chi connectivity index (χ3v) is 7.33. The minimum atomic E-state index is -3.74. The van der Waals surface area contributed by atoms with Crippen LogP contribution in [-0.4, -0.2) is 51.4 Å². The molecule has 1 unspecified atom stereocenters. The van der Waals surface area contributed by atoms with Crippen LogP contribution < -0.4 is 9.62 Å². The highest BCUT2D eigenvalue weighted by atomic mass is 35.5. The Hall–Kier alpha value is -2.09. The van der Waals surface area contributed by atoms with Crippen molar-refractivity contribution in [2.24, 2.45) is 0 Å². The molecule has 1 amide bonds. The molecule has 0 saturated carbocycles. The van der Waals surface area contributed by atoms with Gasteiger partial charge in [-0.25, -0.2) is 8.42 Å². The molecule has 0 bridgehead atoms. The minimum Gasteiger partial charge on any atom is -0.337 e. The predicted octanol–water partition coefficient (Wildman–Crippen LogP) is 2.68. The van der Waals surface area contributed by atoms with E-state index in [1.165, 1.54) is 10.4 Å². The largest absolute Gasteiger partial charge is 0.337 e. The smallest absolute Gasteiger partial charge is 0.264 e. The second-order valence-corrected chi connectivity index (χ2v) is 9.22. The van der Waals surface area contributed by atoms with Crippen LogP contribution >= 0.6 is 12.4 Å². The molecule has 29 heavy (non-hydrogen) atoms. The van der Waals surface area contributed by atoms with Crippen LogP contribution in [0, 0.1) is 0 Å². The molecule has 1 fully saturated rings. The van der Waals surface area contributed by atoms with Crippen molar-refractivity contribution in [2.75, 3.05) is 30.5 Å². The van der Waals surface area contributed by atoms with Crippen LogP contribution in [0.15, 0.2) is 53.4 Å². The molecule has 6 nitrogen and oxygen atoms in total. The number of hydrogen-bond donors (Lipinski definition) is 1. The average molecular weight is 436 g/mol. The summed E-state index contributed by atoms with van der Waals surface area (Å²) < 4.78 is 28.3. The third kappa shape index (κ3) is 4.13. The fourth-order valence-corrected chi connectivity index (χ4v) is 5.78. The van der Waals surface area contributed by atoms with E-state index in [1.54, 1.807) is 23.1 Å². The lowest BCUT2D eigenvalue weighted by Gasteiger charge is -2.25. The van der Waals surface area contributed by atoms with Crippen molar-refractivity contribution in [3.05, 3.63) is 59.7 Å². The predicted molar refractivity (Wildman–Crippen MR) is 116 cm³/mol. The zero-order chi connectivity index (χ0) is 19.7. The van der Waals surface area contributed by atoms with Gasteiger partial charge in [0, 0.05) is 31.2 Å². The van der Waals surface area contributed by atoms with Gasteiger partial charge >= 0.3 is 0 Å². The number of benzene rings is 2. The first-order valence-electron chi connectivity index (χ1n) is 9.71. The zero-order valence-corrected chi connectivity index (χ0v) is 18.0. The van der Waals surface area contributed by atoms with Crippen LogP contribution in [0.25, 0.3) is 0 Å². The Morgan fingerprint density at radius 1 is 1.07 bits per heavy atom. The summed E-state index contributed by atoms with van der Waals surface area (Å²) in [6.45, 7) is 4.87. The number of halogens is 1. The second kappa shape index (κ2) is 8.73. The van der Waals surface area contributed by atoms with Crippen molar-refractivity contribution in [3.8, 4) is 0 Å². The number of sulfonamides is 1. The summed E-state index contributed by atoms with van der Waals surface area (Å²) >= 11 is 0. The molecule has 2 heterocycles. The maximum absolute atomic E-state index is 13.4. The summed E-state index contributed by atoms with van der Waals surface area (Å²) in [5, 5.41) is 3.27. The van der Waals surface area contributed by atoms with Crippen molar-refractivity contribution in [3.63, 3.8) is 0 Å². The Balaban J connectivity index is 0.00000240. The summed E-state index contributed by atoms with van der Waals surface area (Å²) in [7, 11) is -3.74. The molecular formula is C21H26ClN3O3S. The van der Waals surface area contributed by atoms with Gasteiger partial charge in [0.15, 0.2) is 0 Å². The van der Waals surface area contributed by atoms with E-state index in [0.29, 0.717) is 25.1 Å². The molecule has 1 atom stereocenters. The monoisotopic (exact) mass is 435 g/mol. The standard InChI is InChI=1S/C21H25N3O3S.ClH/c1-16-14-17-6-2-3-9-20(17)24(16)28(26,27)19-8-4-7-18(15-19)21(25)23-12-5-10-22-11-13-23;/h2-4,6-9,15-16,22H,5,10-14H2,1H3;1H. The topological polar surface area (TPSA) is 69.7 Å². The Kier molecular flexibility index (Phi) is 6.51. The molecule has 8 heteroatoms. The number of hydrogen-bond acceptors (Lipinski definition) is 4. The maximum Gasteiger partial charge on any atom is 0.264 e. The van der Waals surface area contributed by atoms with E-state index in [0.717, 1.165) is 30.8 Å². The van der Waals surface area contributed by atoms with E-state index in [2.05, 4.69) is 5.32 Å². The normalized spacial score (nSPS) is 19.3. The lowest BCUT2D eigenvalue weighted by Crippen LogP contribution is -2.36. The summed E-state index contributed by atoms with van der Waals surface area (Å²) in [5.41, 5.74) is 2.18. The van der Waals surface area contributed by atoms with Crippen molar-refractivity contribution in [2.45, 2.75) is 30.7 Å². The third-order valence-electron chi connectivity index (χ3n) is 5.41. The fraction of sp³-hybridized carbons (Fsp3) is 0.381. The Morgan fingerprint density at radius 2 is 1.86 bits per heavy atom. The Bertz CT molecular complexity index is 988. The van der Waals surface area contributed by atoms with Gasteiger partial charge in [0.05, 0.1) is 10.6 Å². The van der Waals surface area contributed by atoms with Crippen LogP contribution in [0.3, 0.4) is 0 Å². The molecule has 1 saturated heterocycles. The summed E-state index contributed by atoms with van der Waals surface area (Å²) in [6.07, 6.45) is 1.58. The molecule has 2 aliphatic rings. The summed E-state index contributed by atoms with van der Waals surface area (Å²) in [4.78, 5) is 14.9. The van der Waals surface area contributed by atoms with Gasteiger partial charge < -0.3 is 10.2 Å². The molecule has 0 radical (unpaired) electrons. The van der Waals surface area contributed by atoms with Crippen molar-refractivity contribution in [1.29, 1.82) is 0 Å². The van der Waals surface area contributed by atoms with E-state index >= 15 is 0 Å². The molecule has 2 aromatic carbocycles. The van der Waals surface area contributed by atoms with Gasteiger partial charge in [-0.1, -0.05) is 24.3 Å². The van der Waals surface area contributed by atoms with E-state index in [1.807, 2.05) is 31.2 Å². The average Bonchev–Trinajstić information content (AvgIpc) is 2.86. The van der Waals surface area contributed by atoms with Crippen LogP contribution in [0.2, 0.25) is 0 Å². The molecular weight excluding hydrogens is 410 g/mol. The molecule has 2 aromatic rings. The number of amides is 1. The fourth-order valence-electron chi connectivity index (χ4n) is 4.04. The second-order valence-electron chi connectivity index (χ2n) is 7.41. The summed E-state index contributed by atoms with van der Waals surface area (Å²) in [6, 6.07) is 13.9. The van der Waals surface area contributed by atoms with Gasteiger partial charge in [0.1, 0.15) is 0 Å². The zero-order valence-electron chi connectivity index (χ0n) is 16.4. The minimum absolute atomic E-state index is 0. The molecule has 4 rings (SSSR count). The number of fused-ring (bicyclic) bond motifs is 1. The molecule has 0 spiro atoms. The number of anilines is 1. The van der Waals surface area contributed by atoms with E-state index in [-0.39, 0.29) is 29.3 Å². The van der Waals surface area contributed by atoms with Crippen LogP contribution in [0.4, 0.5) is 5.69 Å². The van der Waals surface area contributed by atoms with E-state index in [4.69, 9.17) is 0 Å². The molecule has 0 aromatic heterocycles. The van der Waals surface area contributed by atoms with Crippen molar-refractivity contribution in [1.82, 2.24) is 10.2 Å². The Morgan fingerprint density at radius 3 is 2.69 bits per heavy atom. The number of carbonyl (C=O) groups is 1. The molecule has 0 aliphatic carbocycles. The maximum atomic E-state index is 13.4. The van der Waals surface area contributed by atoms with Crippen LogP contribution in [0.1, 0.15) is 29.3 Å². The quantitative estimate of drug-likeness (QED) is 0.804. The van der Waals surface area contributed by atoms with E-state index in [9.17, 15) is 13.2 Å². The number of rotatable bonds is 3. The first kappa shape index (κ1) is 21.6. The highest BCUT2D eigenvalue weighted by molar-refractivity contribution is 7.92. The number of nitrogens with zero attached hydrogens (tertiary/aromatic N) is 2. The highest BCUT2D eigenvalue weighted by Gasteiger charge is 2.36. The lowest BCUT2D eigenvalue weighted by atomic mass is 10.1. The van der Waals surface area contributed by atoms with Gasteiger partial charge in [-0.3, -0.25) is 9.10 Å². The highest BCUT2D eigenvalue weighted by Crippen LogP contribution is 2.36. The molecule has 1 N–H and O–H groups in total. The molecule has 2 aliphatic heterocycles. The Labute approximate surface area is 178 Å². The first-order valence-corrected chi connectivity index (χ1v) is 11.1. The SMILES string of the molecule is CC1Cc2ccccc2N1S(=O)(=O)c1cccc(C(=O)N2CCCNCC2)c1.Cl. The van der Waals surface area contributed by atoms with Gasteiger partial charge in [-0.2, -0.15) is 0 Å². The van der Waals surface area contributed by atoms with Crippen molar-refractivity contribution >= 4 is 34.0 Å². The molecule has 156 valence electrons. The van der Waals surface area contributed by atoms with Crippen molar-refractivity contribution < 1.29 is 13.2 Å². The lowest BCUT2D eigenvalue weighted by molar-refractivity contribution is 0.0766. The van der Waals surface area contributed by atoms with Crippen LogP contribution in [-0.2, 0) is 16.4 Å². The van der Waals surface area contributed by atoms with Gasteiger partial charge in [-0.05, 0) is 56.1 Å². The van der Waals surface area contributed by atoms with Gasteiger partial charge in [0.25, 0.3) is 15.9 Å². The van der Waals surface area contributed by atoms with Gasteiger partial charge in [-0.15, -0.1) is 12.4 Å². The number of para-hydroxylation sites is 1. The number of nitrogens with one attached hydrogen (secondary N) is 1. The van der Waals surface area contributed by atoms with Gasteiger partial charge in [0.2, 0.25) is 0 Å².